The molecule has 1 aliphatic heterocycles. The monoisotopic (exact) mass is 465 g/mol. The first-order valence-electron chi connectivity index (χ1n) is 10.5. The normalized spacial score (nSPS) is 14.2. The fraction of sp³-hybridized carbons (Fsp3) is 0.200. The van der Waals surface area contributed by atoms with Gasteiger partial charge in [-0.2, -0.15) is 0 Å². The topological polar surface area (TPSA) is 81.7 Å². The van der Waals surface area contributed by atoms with Crippen molar-refractivity contribution in [2.24, 2.45) is 0 Å². The van der Waals surface area contributed by atoms with Gasteiger partial charge in [0.25, 0.3) is 5.91 Å². The minimum Gasteiger partial charge on any atom is -0.481 e. The van der Waals surface area contributed by atoms with Crippen molar-refractivity contribution in [2.75, 3.05) is 24.7 Å². The second-order valence-corrected chi connectivity index (χ2v) is 9.14. The van der Waals surface area contributed by atoms with Crippen molar-refractivity contribution >= 4 is 45.9 Å². The van der Waals surface area contributed by atoms with Gasteiger partial charge in [-0.25, -0.2) is 4.39 Å². The summed E-state index contributed by atoms with van der Waals surface area (Å²) in [5.41, 5.74) is 4.80. The number of fused-ring (bicyclic) bond motifs is 1. The van der Waals surface area contributed by atoms with E-state index in [-0.39, 0.29) is 12.3 Å². The van der Waals surface area contributed by atoms with Crippen LogP contribution in [0.25, 0.3) is 11.3 Å². The van der Waals surface area contributed by atoms with Crippen molar-refractivity contribution in [1.29, 1.82) is 0 Å². The van der Waals surface area contributed by atoms with Crippen LogP contribution in [0.2, 0.25) is 0 Å². The lowest BCUT2D eigenvalue weighted by Gasteiger charge is -2.15. The molecule has 0 bridgehead atoms. The van der Waals surface area contributed by atoms with E-state index in [1.54, 1.807) is 6.07 Å². The fourth-order valence-electron chi connectivity index (χ4n) is 3.75. The van der Waals surface area contributed by atoms with Gasteiger partial charge in [0.2, 0.25) is 0 Å². The van der Waals surface area contributed by atoms with E-state index in [9.17, 15) is 14.0 Å². The van der Waals surface area contributed by atoms with Crippen LogP contribution in [-0.4, -0.2) is 36.0 Å². The van der Waals surface area contributed by atoms with Crippen molar-refractivity contribution in [2.45, 2.75) is 19.4 Å². The zero-order valence-corrected chi connectivity index (χ0v) is 19.1. The molecule has 0 spiro atoms. The summed E-state index contributed by atoms with van der Waals surface area (Å²) < 4.78 is 13.7. The Kier molecular flexibility index (Phi) is 6.57. The third-order valence-electron chi connectivity index (χ3n) is 5.23. The summed E-state index contributed by atoms with van der Waals surface area (Å²) in [6.45, 7) is 0.813. The number of carbonyl (C=O) groups is 2. The minimum absolute atomic E-state index is 0.0369. The number of benzene rings is 2. The number of aliphatic carboxylic acids is 1. The molecule has 2 heterocycles. The van der Waals surface area contributed by atoms with Crippen molar-refractivity contribution < 1.29 is 19.1 Å². The number of hydrogen-bond donors (Lipinski definition) is 3. The molecule has 4 rings (SSSR count). The summed E-state index contributed by atoms with van der Waals surface area (Å²) in [6, 6.07) is 14.1. The number of rotatable bonds is 8. The Hall–Kier alpha value is -3.49. The molecule has 0 saturated heterocycles. The Labute approximate surface area is 195 Å². The zero-order chi connectivity index (χ0) is 23.5. The highest BCUT2D eigenvalue weighted by Crippen LogP contribution is 2.39. The number of carboxylic acid groups (broad SMARTS) is 1. The number of halogens is 1. The third-order valence-corrected chi connectivity index (χ3v) is 6.22. The molecule has 1 aliphatic rings. The summed E-state index contributed by atoms with van der Waals surface area (Å²) in [5.74, 6) is -1.60. The van der Waals surface area contributed by atoms with Crippen molar-refractivity contribution in [3.63, 3.8) is 0 Å². The average molecular weight is 466 g/mol. The highest BCUT2D eigenvalue weighted by atomic mass is 32.1. The van der Waals surface area contributed by atoms with E-state index in [1.165, 1.54) is 23.5 Å². The lowest BCUT2D eigenvalue weighted by molar-refractivity contribution is -0.136. The quantitative estimate of drug-likeness (QED) is 0.413. The molecule has 0 fully saturated rings. The van der Waals surface area contributed by atoms with E-state index < -0.39 is 11.8 Å². The van der Waals surface area contributed by atoms with Crippen LogP contribution in [0.15, 0.2) is 53.9 Å². The molecule has 0 unspecified atom stereocenters. The van der Waals surface area contributed by atoms with Gasteiger partial charge >= 0.3 is 5.97 Å². The Bertz CT molecular complexity index is 1230. The Balaban J connectivity index is 1.75. The maximum atomic E-state index is 13.7. The molecule has 0 aliphatic carbocycles. The van der Waals surface area contributed by atoms with E-state index in [2.05, 4.69) is 15.5 Å². The molecule has 1 amide bonds. The largest absolute Gasteiger partial charge is 0.481 e. The first kappa shape index (κ1) is 22.7. The van der Waals surface area contributed by atoms with Crippen LogP contribution < -0.4 is 10.6 Å². The number of carboxylic acids is 1. The van der Waals surface area contributed by atoms with Gasteiger partial charge in [-0.3, -0.25) is 9.59 Å². The van der Waals surface area contributed by atoms with E-state index >= 15 is 0 Å². The first-order chi connectivity index (χ1) is 15.8. The number of thiophene rings is 1. The molecule has 0 atom stereocenters. The molecule has 8 heteroatoms. The van der Waals surface area contributed by atoms with Gasteiger partial charge < -0.3 is 20.6 Å². The predicted molar refractivity (Wildman–Crippen MR) is 130 cm³/mol. The minimum atomic E-state index is -0.856. The fourth-order valence-corrected chi connectivity index (χ4v) is 4.63. The van der Waals surface area contributed by atoms with Crippen molar-refractivity contribution in [1.82, 2.24) is 4.90 Å². The van der Waals surface area contributed by atoms with Crippen LogP contribution in [0.3, 0.4) is 0 Å². The molecular weight excluding hydrogens is 441 g/mol. The summed E-state index contributed by atoms with van der Waals surface area (Å²) in [4.78, 5) is 26.9. The summed E-state index contributed by atoms with van der Waals surface area (Å²) in [7, 11) is 4.01. The molecule has 2 aromatic carbocycles. The highest BCUT2D eigenvalue weighted by Gasteiger charge is 2.29. The summed E-state index contributed by atoms with van der Waals surface area (Å²) >= 11 is 1.45. The molecular formula is C25H24FN3O3S. The number of amides is 1. The standard InChI is InChI=1S/C25H24FN3O3S/c1-29(2)13-15-3-6-18(7-4-15)27-24(16-11-19(33-14-16)8-10-22(30)31)23-20-9-5-17(26)12-21(20)28-25(23)32/h3-7,9,11-12,14,27H,8,10,13H2,1-2H3,(H,28,32)(H,30,31). The smallest absolute Gasteiger partial charge is 0.303 e. The number of carbonyl (C=O) groups excluding carboxylic acids is 1. The lowest BCUT2D eigenvalue weighted by Crippen LogP contribution is -2.11. The molecule has 0 radical (unpaired) electrons. The third kappa shape index (κ3) is 5.30. The van der Waals surface area contributed by atoms with E-state index in [0.29, 0.717) is 28.9 Å². The molecule has 170 valence electrons. The van der Waals surface area contributed by atoms with Crippen LogP contribution in [-0.2, 0) is 22.6 Å². The van der Waals surface area contributed by atoms with Crippen molar-refractivity contribution in [3.8, 4) is 0 Å². The first-order valence-corrected chi connectivity index (χ1v) is 11.3. The second-order valence-electron chi connectivity index (χ2n) is 8.15. The van der Waals surface area contributed by atoms with Gasteiger partial charge in [0.05, 0.1) is 23.4 Å². The average Bonchev–Trinajstić information content (AvgIpc) is 3.35. The van der Waals surface area contributed by atoms with E-state index in [4.69, 9.17) is 5.11 Å². The van der Waals surface area contributed by atoms with Gasteiger partial charge in [0, 0.05) is 33.6 Å². The van der Waals surface area contributed by atoms with E-state index in [1.807, 2.05) is 49.8 Å². The number of aryl methyl sites for hydroxylation is 1. The molecule has 1 aromatic heterocycles. The molecule has 3 N–H and O–H groups in total. The molecule has 3 aromatic rings. The zero-order valence-electron chi connectivity index (χ0n) is 18.3. The summed E-state index contributed by atoms with van der Waals surface area (Å²) in [6.07, 6.45) is 0.449. The summed E-state index contributed by atoms with van der Waals surface area (Å²) in [5, 5.41) is 17.0. The predicted octanol–water partition coefficient (Wildman–Crippen LogP) is 4.90. The van der Waals surface area contributed by atoms with Crippen molar-refractivity contribution in [3.05, 3.63) is 81.3 Å². The Morgan fingerprint density at radius 1 is 1.15 bits per heavy atom. The maximum absolute atomic E-state index is 13.7. The van der Waals surface area contributed by atoms with Crippen LogP contribution >= 0.6 is 11.3 Å². The number of nitrogens with zero attached hydrogens (tertiary/aromatic N) is 1. The maximum Gasteiger partial charge on any atom is 0.303 e. The molecule has 6 nitrogen and oxygen atoms in total. The number of nitrogens with one attached hydrogen (secondary N) is 2. The SMILES string of the molecule is CN(C)Cc1ccc(NC(=C2C(=O)Nc3cc(F)ccc32)c2csc(CCC(=O)O)c2)cc1. The van der Waals surface area contributed by atoms with Crippen LogP contribution in [0.5, 0.6) is 0 Å². The van der Waals surface area contributed by atoms with E-state index in [0.717, 1.165) is 28.2 Å². The Morgan fingerprint density at radius 2 is 1.91 bits per heavy atom. The lowest BCUT2D eigenvalue weighted by atomic mass is 10.0. The van der Waals surface area contributed by atoms with Gasteiger partial charge in [0.1, 0.15) is 5.82 Å². The van der Waals surface area contributed by atoms with Gasteiger partial charge in [0.15, 0.2) is 0 Å². The highest BCUT2D eigenvalue weighted by molar-refractivity contribution is 7.10. The van der Waals surface area contributed by atoms with Crippen LogP contribution in [0.1, 0.15) is 28.0 Å². The van der Waals surface area contributed by atoms with Gasteiger partial charge in [-0.1, -0.05) is 12.1 Å². The number of anilines is 2. The number of hydrogen-bond acceptors (Lipinski definition) is 5. The molecule has 33 heavy (non-hydrogen) atoms. The van der Waals surface area contributed by atoms with Crippen LogP contribution in [0.4, 0.5) is 15.8 Å². The van der Waals surface area contributed by atoms with Gasteiger partial charge in [-0.15, -0.1) is 11.3 Å². The van der Waals surface area contributed by atoms with Gasteiger partial charge in [-0.05, 0) is 62.5 Å². The Morgan fingerprint density at radius 3 is 2.61 bits per heavy atom. The second kappa shape index (κ2) is 9.56. The van der Waals surface area contributed by atoms with Crippen LogP contribution in [0, 0.1) is 5.82 Å². The molecule has 0 saturated carbocycles.